The summed E-state index contributed by atoms with van der Waals surface area (Å²) in [7, 11) is 0.333. The first-order valence-corrected chi connectivity index (χ1v) is 9.48. The van der Waals surface area contributed by atoms with Crippen molar-refractivity contribution in [3.05, 3.63) is 29.9 Å². The van der Waals surface area contributed by atoms with Crippen LogP contribution >= 0.6 is 11.3 Å². The normalized spacial score (nSPS) is 19.0. The van der Waals surface area contributed by atoms with Crippen LogP contribution in [0.5, 0.6) is 5.88 Å². The van der Waals surface area contributed by atoms with Crippen LogP contribution < -0.4 is 9.64 Å². The number of hydrogen-bond donors (Lipinski definition) is 0. The molecule has 0 amide bonds. The second kappa shape index (κ2) is 6.42. The summed E-state index contributed by atoms with van der Waals surface area (Å²) >= 11 is 1.23. The fraction of sp³-hybridized carbons (Fsp3) is 0.429. The van der Waals surface area contributed by atoms with Crippen molar-refractivity contribution < 1.29 is 13.2 Å². The highest BCUT2D eigenvalue weighted by molar-refractivity contribution is 7.91. The van der Waals surface area contributed by atoms with E-state index in [0.29, 0.717) is 35.4 Å². The lowest BCUT2D eigenvalue weighted by molar-refractivity contribution is 0.206. The van der Waals surface area contributed by atoms with Gasteiger partial charge in [0.2, 0.25) is 5.88 Å². The highest BCUT2D eigenvalue weighted by Crippen LogP contribution is 2.26. The standard InChI is InChI=1S/C14H18N4O3S2/c1-17(2)12-8-15-9-13(16-12)21-11-5-6-18(10-11)23(19,20)14-4-3-7-22-14/h3-4,7-9,11H,5-6,10H2,1-2H3. The minimum Gasteiger partial charge on any atom is -0.472 e. The van der Waals surface area contributed by atoms with Crippen LogP contribution in [0, 0.1) is 0 Å². The van der Waals surface area contributed by atoms with E-state index >= 15 is 0 Å². The van der Waals surface area contributed by atoms with E-state index in [1.807, 2.05) is 19.0 Å². The Morgan fingerprint density at radius 2 is 2.22 bits per heavy atom. The molecule has 1 unspecified atom stereocenters. The number of hydrogen-bond acceptors (Lipinski definition) is 7. The maximum Gasteiger partial charge on any atom is 0.252 e. The molecule has 23 heavy (non-hydrogen) atoms. The molecule has 9 heteroatoms. The molecule has 1 aliphatic rings. The first-order chi connectivity index (χ1) is 11.0. The number of sulfonamides is 1. The Bertz CT molecular complexity index is 762. The molecule has 1 atom stereocenters. The van der Waals surface area contributed by atoms with Crippen LogP contribution in [0.4, 0.5) is 5.82 Å². The molecular formula is C14H18N4O3S2. The Morgan fingerprint density at radius 3 is 2.91 bits per heavy atom. The highest BCUT2D eigenvalue weighted by Gasteiger charge is 2.34. The van der Waals surface area contributed by atoms with Gasteiger partial charge in [0.1, 0.15) is 10.3 Å². The van der Waals surface area contributed by atoms with E-state index in [-0.39, 0.29) is 6.10 Å². The van der Waals surface area contributed by atoms with Crippen LogP contribution in [0.1, 0.15) is 6.42 Å². The molecule has 2 aromatic heterocycles. The van der Waals surface area contributed by atoms with E-state index in [1.54, 1.807) is 29.9 Å². The third kappa shape index (κ3) is 3.46. The molecule has 0 bridgehead atoms. The summed E-state index contributed by atoms with van der Waals surface area (Å²) in [6, 6.07) is 3.37. The summed E-state index contributed by atoms with van der Waals surface area (Å²) < 4.78 is 32.6. The Hall–Kier alpha value is -1.71. The van der Waals surface area contributed by atoms with E-state index < -0.39 is 10.0 Å². The van der Waals surface area contributed by atoms with E-state index in [9.17, 15) is 8.42 Å². The second-order valence-electron chi connectivity index (χ2n) is 5.43. The van der Waals surface area contributed by atoms with Gasteiger partial charge < -0.3 is 9.64 Å². The van der Waals surface area contributed by atoms with Crippen molar-refractivity contribution in [1.82, 2.24) is 14.3 Å². The van der Waals surface area contributed by atoms with Crippen LogP contribution in [-0.4, -0.2) is 56.0 Å². The molecule has 0 saturated carbocycles. The van der Waals surface area contributed by atoms with E-state index in [0.717, 1.165) is 0 Å². The van der Waals surface area contributed by atoms with Crippen LogP contribution in [0.25, 0.3) is 0 Å². The second-order valence-corrected chi connectivity index (χ2v) is 8.55. The molecule has 0 N–H and O–H groups in total. The van der Waals surface area contributed by atoms with Gasteiger partial charge in [-0.3, -0.25) is 4.98 Å². The maximum atomic E-state index is 12.5. The zero-order valence-corrected chi connectivity index (χ0v) is 14.5. The van der Waals surface area contributed by atoms with Gasteiger partial charge in [0.05, 0.1) is 18.9 Å². The van der Waals surface area contributed by atoms with Gasteiger partial charge in [-0.1, -0.05) is 6.07 Å². The molecule has 124 valence electrons. The molecule has 1 fully saturated rings. The van der Waals surface area contributed by atoms with Crippen molar-refractivity contribution >= 4 is 27.2 Å². The lowest BCUT2D eigenvalue weighted by atomic mass is 10.3. The van der Waals surface area contributed by atoms with Crippen molar-refractivity contribution in [1.29, 1.82) is 0 Å². The van der Waals surface area contributed by atoms with Crippen LogP contribution in [-0.2, 0) is 10.0 Å². The Labute approximate surface area is 139 Å². The Kier molecular flexibility index (Phi) is 4.51. The molecule has 0 radical (unpaired) electrons. The van der Waals surface area contributed by atoms with E-state index in [4.69, 9.17) is 4.74 Å². The Balaban J connectivity index is 1.68. The number of aromatic nitrogens is 2. The molecular weight excluding hydrogens is 336 g/mol. The van der Waals surface area contributed by atoms with Crippen molar-refractivity contribution in [3.63, 3.8) is 0 Å². The van der Waals surface area contributed by atoms with Crippen LogP contribution in [0.3, 0.4) is 0 Å². The third-order valence-electron chi connectivity index (χ3n) is 3.54. The molecule has 1 saturated heterocycles. The summed E-state index contributed by atoms with van der Waals surface area (Å²) in [5.74, 6) is 1.11. The first-order valence-electron chi connectivity index (χ1n) is 7.16. The van der Waals surface area contributed by atoms with Gasteiger partial charge in [-0.2, -0.15) is 9.29 Å². The predicted octanol–water partition coefficient (Wildman–Crippen LogP) is 1.45. The maximum absolute atomic E-state index is 12.5. The smallest absolute Gasteiger partial charge is 0.252 e. The molecule has 1 aliphatic heterocycles. The summed E-state index contributed by atoms with van der Waals surface area (Å²) in [4.78, 5) is 10.3. The van der Waals surface area contributed by atoms with Crippen molar-refractivity contribution in [2.75, 3.05) is 32.1 Å². The monoisotopic (exact) mass is 354 g/mol. The molecule has 2 aromatic rings. The van der Waals surface area contributed by atoms with E-state index in [1.165, 1.54) is 15.6 Å². The minimum absolute atomic E-state index is 0.212. The van der Waals surface area contributed by atoms with Crippen LogP contribution in [0.2, 0.25) is 0 Å². The van der Waals surface area contributed by atoms with Crippen molar-refractivity contribution in [2.45, 2.75) is 16.7 Å². The van der Waals surface area contributed by atoms with E-state index in [2.05, 4.69) is 9.97 Å². The van der Waals surface area contributed by atoms with Gasteiger partial charge in [-0.15, -0.1) is 11.3 Å². The predicted molar refractivity (Wildman–Crippen MR) is 88.5 cm³/mol. The average Bonchev–Trinajstić information content (AvgIpc) is 3.19. The number of ether oxygens (including phenoxy) is 1. The number of anilines is 1. The van der Waals surface area contributed by atoms with Crippen LogP contribution in [0.15, 0.2) is 34.1 Å². The number of rotatable bonds is 5. The van der Waals surface area contributed by atoms with Gasteiger partial charge in [0, 0.05) is 20.6 Å². The molecule has 0 aromatic carbocycles. The van der Waals surface area contributed by atoms with Crippen molar-refractivity contribution in [3.8, 4) is 5.88 Å². The summed E-state index contributed by atoms with van der Waals surface area (Å²) in [5, 5.41) is 1.76. The zero-order chi connectivity index (χ0) is 16.4. The number of nitrogens with zero attached hydrogens (tertiary/aromatic N) is 4. The topological polar surface area (TPSA) is 75.6 Å². The first kappa shape index (κ1) is 16.2. The third-order valence-corrected chi connectivity index (χ3v) is 6.78. The lowest BCUT2D eigenvalue weighted by Gasteiger charge is -2.17. The average molecular weight is 354 g/mol. The SMILES string of the molecule is CN(C)c1cncc(OC2CCN(S(=O)(=O)c3cccs3)C2)n1. The van der Waals surface area contributed by atoms with Gasteiger partial charge in [-0.25, -0.2) is 8.42 Å². The minimum atomic E-state index is -3.41. The fourth-order valence-corrected chi connectivity index (χ4v) is 4.96. The summed E-state index contributed by atoms with van der Waals surface area (Å²) in [6.07, 6.45) is 3.62. The molecule has 0 aliphatic carbocycles. The summed E-state index contributed by atoms with van der Waals surface area (Å²) in [5.41, 5.74) is 0. The van der Waals surface area contributed by atoms with Gasteiger partial charge in [0.15, 0.2) is 5.82 Å². The van der Waals surface area contributed by atoms with Gasteiger partial charge in [-0.05, 0) is 17.9 Å². The zero-order valence-electron chi connectivity index (χ0n) is 12.9. The Morgan fingerprint density at radius 1 is 1.39 bits per heavy atom. The fourth-order valence-electron chi connectivity index (χ4n) is 2.33. The molecule has 3 heterocycles. The molecule has 0 spiro atoms. The number of thiophene rings is 1. The quantitative estimate of drug-likeness (QED) is 0.809. The highest BCUT2D eigenvalue weighted by atomic mass is 32.2. The largest absolute Gasteiger partial charge is 0.472 e. The molecule has 7 nitrogen and oxygen atoms in total. The van der Waals surface area contributed by atoms with Crippen molar-refractivity contribution in [2.24, 2.45) is 0 Å². The summed E-state index contributed by atoms with van der Waals surface area (Å²) in [6.45, 7) is 0.778. The van der Waals surface area contributed by atoms with Gasteiger partial charge in [0.25, 0.3) is 10.0 Å². The lowest BCUT2D eigenvalue weighted by Crippen LogP contribution is -2.30. The van der Waals surface area contributed by atoms with Gasteiger partial charge >= 0.3 is 0 Å². The molecule has 3 rings (SSSR count).